The molecule has 0 fully saturated rings. The van der Waals surface area contributed by atoms with Gasteiger partial charge in [-0.2, -0.15) is 0 Å². The molecule has 0 aliphatic heterocycles. The first kappa shape index (κ1) is 36.0. The number of methoxy groups -OCH3 is 3. The van der Waals surface area contributed by atoms with Crippen LogP contribution in [0.2, 0.25) is 0 Å². The lowest BCUT2D eigenvalue weighted by molar-refractivity contribution is 0.277. The van der Waals surface area contributed by atoms with Crippen molar-refractivity contribution in [2.24, 2.45) is 0 Å². The van der Waals surface area contributed by atoms with Gasteiger partial charge in [-0.05, 0) is 38.1 Å². The van der Waals surface area contributed by atoms with E-state index >= 15 is 0 Å². The van der Waals surface area contributed by atoms with Crippen LogP contribution >= 0.6 is 0 Å². The summed E-state index contributed by atoms with van der Waals surface area (Å²) in [5, 5.41) is 0. The second kappa shape index (κ2) is 28.8. The fourth-order valence-corrected chi connectivity index (χ4v) is 1.35. The summed E-state index contributed by atoms with van der Waals surface area (Å²) in [5.74, 6) is 1.70. The van der Waals surface area contributed by atoms with E-state index in [1.165, 1.54) is 11.1 Å². The van der Waals surface area contributed by atoms with Crippen molar-refractivity contribution >= 4 is 0 Å². The van der Waals surface area contributed by atoms with Gasteiger partial charge in [0.1, 0.15) is 11.5 Å². The molecular weight excluding hydrogens is 336 g/mol. The Morgan fingerprint density at radius 3 is 0.815 bits per heavy atom. The van der Waals surface area contributed by atoms with E-state index in [0.29, 0.717) is 0 Å². The summed E-state index contributed by atoms with van der Waals surface area (Å²) < 4.78 is 14.2. The van der Waals surface area contributed by atoms with Gasteiger partial charge in [0.2, 0.25) is 0 Å². The molecule has 0 aliphatic rings. The smallest absolute Gasteiger partial charge is 0.119 e. The topological polar surface area (TPSA) is 27.7 Å². The van der Waals surface area contributed by atoms with Crippen molar-refractivity contribution in [3.8, 4) is 11.5 Å². The number of hydrogen-bond acceptors (Lipinski definition) is 3. The van der Waals surface area contributed by atoms with Gasteiger partial charge in [-0.3, -0.25) is 0 Å². The van der Waals surface area contributed by atoms with Gasteiger partial charge in [-0.15, -0.1) is 0 Å². The van der Waals surface area contributed by atoms with Crippen molar-refractivity contribution in [1.29, 1.82) is 0 Å². The van der Waals surface area contributed by atoms with Crippen molar-refractivity contribution in [2.45, 2.75) is 56.4 Å². The van der Waals surface area contributed by atoms with Gasteiger partial charge in [0, 0.05) is 14.2 Å². The molecule has 160 valence electrons. The van der Waals surface area contributed by atoms with Crippen LogP contribution in [-0.2, 0) is 4.74 Å². The molecule has 27 heavy (non-hydrogen) atoms. The third-order valence-electron chi connectivity index (χ3n) is 2.51. The summed E-state index contributed by atoms with van der Waals surface area (Å²) in [7, 11) is 6.53. The molecule has 0 aliphatic carbocycles. The van der Waals surface area contributed by atoms with E-state index in [1.807, 2.05) is 52.0 Å². The molecule has 2 aromatic rings. The predicted octanol–water partition coefficient (Wildman–Crippen LogP) is 7.59. The molecule has 0 heterocycles. The van der Waals surface area contributed by atoms with Gasteiger partial charge in [0.25, 0.3) is 0 Å². The minimum Gasteiger partial charge on any atom is -0.497 e. The molecule has 0 saturated carbocycles. The lowest BCUT2D eigenvalue weighted by Crippen LogP contribution is -1.83. The molecule has 0 radical (unpaired) electrons. The predicted molar refractivity (Wildman–Crippen MR) is 125 cm³/mol. The number of ether oxygens (including phenoxy) is 3. The Morgan fingerprint density at radius 1 is 0.481 bits per heavy atom. The fourth-order valence-electron chi connectivity index (χ4n) is 1.35. The molecule has 0 atom stereocenters. The number of aryl methyl sites for hydroxylation is 2. The zero-order valence-corrected chi connectivity index (χ0v) is 17.8. The van der Waals surface area contributed by atoms with E-state index in [0.717, 1.165) is 11.5 Å². The highest BCUT2D eigenvalue weighted by Gasteiger charge is 1.90. The zero-order valence-electron chi connectivity index (χ0n) is 17.8. The first-order chi connectivity index (χ1) is 12.1. The largest absolute Gasteiger partial charge is 0.497 e. The molecule has 3 nitrogen and oxygen atoms in total. The molecule has 0 unspecified atom stereocenters. The van der Waals surface area contributed by atoms with Gasteiger partial charge in [-0.1, -0.05) is 77.9 Å². The van der Waals surface area contributed by atoms with Crippen LogP contribution in [0.3, 0.4) is 0 Å². The van der Waals surface area contributed by atoms with E-state index in [4.69, 9.17) is 9.47 Å². The Balaban J connectivity index is -0.0000000860. The molecule has 3 heteroatoms. The van der Waals surface area contributed by atoms with Crippen molar-refractivity contribution in [3.05, 3.63) is 59.7 Å². The van der Waals surface area contributed by atoms with E-state index in [9.17, 15) is 0 Å². The molecular formula is C24H46O3. The van der Waals surface area contributed by atoms with Gasteiger partial charge in [-0.25, -0.2) is 0 Å². The van der Waals surface area contributed by atoms with Crippen LogP contribution in [0.15, 0.2) is 48.5 Å². The molecule has 0 N–H and O–H groups in total. The molecule has 2 rings (SSSR count). The van der Waals surface area contributed by atoms with Gasteiger partial charge in [0.15, 0.2) is 0 Å². The Hall–Kier alpha value is -2.00. The average molecular weight is 383 g/mol. The zero-order chi connectivity index (χ0) is 20.1. The van der Waals surface area contributed by atoms with Crippen LogP contribution in [0.1, 0.15) is 53.7 Å². The second-order valence-corrected chi connectivity index (χ2v) is 4.44. The standard InChI is InChI=1S/C8H10O2.C8H10.C2H6O.2C2H6.2CH4/c1-9-7-3-5-8(10-2)6-4-7;1-7-3-5-8(2)6-4-7;1-3-2;2*1-2;;/h3-6H,1-2H3;3-6H,1-2H3;1-2H3;2*1-2H3;2*1H4. The number of benzene rings is 2. The number of hydrogen-bond donors (Lipinski definition) is 0. The molecule has 0 saturated heterocycles. The van der Waals surface area contributed by atoms with Gasteiger partial charge in [0.05, 0.1) is 14.2 Å². The van der Waals surface area contributed by atoms with Crippen LogP contribution in [0.5, 0.6) is 11.5 Å². The Bertz CT molecular complexity index is 418. The Labute approximate surface area is 170 Å². The molecule has 0 bridgehead atoms. The van der Waals surface area contributed by atoms with E-state index in [1.54, 1.807) is 28.4 Å². The summed E-state index contributed by atoms with van der Waals surface area (Å²) in [5.41, 5.74) is 2.66. The second-order valence-electron chi connectivity index (χ2n) is 4.44. The monoisotopic (exact) mass is 382 g/mol. The SMILES string of the molecule is C.C.CC.CC.COC.COc1ccc(OC)cc1.Cc1ccc(C)cc1. The highest BCUT2D eigenvalue weighted by atomic mass is 16.5. The van der Waals surface area contributed by atoms with Crippen LogP contribution in [0.25, 0.3) is 0 Å². The van der Waals surface area contributed by atoms with Gasteiger partial charge >= 0.3 is 0 Å². The summed E-state index contributed by atoms with van der Waals surface area (Å²) >= 11 is 0. The summed E-state index contributed by atoms with van der Waals surface area (Å²) in [6, 6.07) is 15.9. The fraction of sp³-hybridized carbons (Fsp3) is 0.500. The maximum atomic E-state index is 4.96. The van der Waals surface area contributed by atoms with Crippen molar-refractivity contribution < 1.29 is 14.2 Å². The molecule has 0 spiro atoms. The Kier molecular flexibility index (Phi) is 38.4. The van der Waals surface area contributed by atoms with E-state index in [-0.39, 0.29) is 14.9 Å². The maximum Gasteiger partial charge on any atom is 0.119 e. The quantitative estimate of drug-likeness (QED) is 0.535. The van der Waals surface area contributed by atoms with Crippen LogP contribution in [-0.4, -0.2) is 28.4 Å². The number of rotatable bonds is 2. The minimum atomic E-state index is 0. The van der Waals surface area contributed by atoms with Crippen molar-refractivity contribution in [3.63, 3.8) is 0 Å². The summed E-state index contributed by atoms with van der Waals surface area (Å²) in [6.07, 6.45) is 0. The molecule has 2 aromatic carbocycles. The lowest BCUT2D eigenvalue weighted by Gasteiger charge is -2.00. The summed E-state index contributed by atoms with van der Waals surface area (Å²) in [4.78, 5) is 0. The van der Waals surface area contributed by atoms with Crippen LogP contribution < -0.4 is 9.47 Å². The van der Waals surface area contributed by atoms with Crippen molar-refractivity contribution in [2.75, 3.05) is 28.4 Å². The Morgan fingerprint density at radius 2 is 0.667 bits per heavy atom. The van der Waals surface area contributed by atoms with E-state index < -0.39 is 0 Å². The molecule has 0 aromatic heterocycles. The minimum absolute atomic E-state index is 0. The normalized spacial score (nSPS) is 7.19. The van der Waals surface area contributed by atoms with Crippen molar-refractivity contribution in [1.82, 2.24) is 0 Å². The average Bonchev–Trinajstić information content (AvgIpc) is 2.68. The van der Waals surface area contributed by atoms with Crippen LogP contribution in [0.4, 0.5) is 0 Å². The third-order valence-corrected chi connectivity index (χ3v) is 2.51. The molecule has 0 amide bonds. The third kappa shape index (κ3) is 24.0. The first-order valence-electron chi connectivity index (χ1n) is 8.68. The van der Waals surface area contributed by atoms with Crippen LogP contribution in [0, 0.1) is 13.8 Å². The lowest BCUT2D eigenvalue weighted by atomic mass is 10.2. The first-order valence-corrected chi connectivity index (χ1v) is 8.68. The maximum absolute atomic E-state index is 4.96. The van der Waals surface area contributed by atoms with E-state index in [2.05, 4.69) is 42.8 Å². The van der Waals surface area contributed by atoms with Gasteiger partial charge < -0.3 is 14.2 Å². The highest BCUT2D eigenvalue weighted by molar-refractivity contribution is 5.30. The highest BCUT2D eigenvalue weighted by Crippen LogP contribution is 2.15. The summed E-state index contributed by atoms with van der Waals surface area (Å²) in [6.45, 7) is 12.2.